The van der Waals surface area contributed by atoms with Crippen molar-refractivity contribution in [1.29, 1.82) is 0 Å². The molecule has 1 aliphatic heterocycles. The molecule has 0 saturated carbocycles. The average Bonchev–Trinajstić information content (AvgIpc) is 3.31. The van der Waals surface area contributed by atoms with Crippen LogP contribution in [0, 0.1) is 0 Å². The maximum absolute atomic E-state index is 14.2. The highest BCUT2D eigenvalue weighted by Crippen LogP contribution is 2.71. The van der Waals surface area contributed by atoms with Gasteiger partial charge in [-0.1, -0.05) is 142 Å². The summed E-state index contributed by atoms with van der Waals surface area (Å²) in [5, 5.41) is 0. The molecule has 4 aromatic rings. The Hall–Kier alpha value is -3.33. The van der Waals surface area contributed by atoms with Crippen LogP contribution in [0.3, 0.4) is 0 Å². The van der Waals surface area contributed by atoms with Gasteiger partial charge in [0.25, 0.3) is 0 Å². The predicted octanol–water partition coefficient (Wildman–Crippen LogP) is 11.1. The molecule has 2 aliphatic carbocycles. The zero-order valence-electron chi connectivity index (χ0n) is 29.0. The number of benzene rings is 4. The molecule has 1 spiro atoms. The van der Waals surface area contributed by atoms with E-state index in [1.807, 2.05) is 0 Å². The monoisotopic (exact) mass is 634 g/mol. The van der Waals surface area contributed by atoms with E-state index in [4.69, 9.17) is 9.05 Å². The van der Waals surface area contributed by atoms with Gasteiger partial charge in [-0.15, -0.1) is 0 Å². The van der Waals surface area contributed by atoms with Crippen LogP contribution >= 0.6 is 7.82 Å². The van der Waals surface area contributed by atoms with Crippen LogP contribution in [0.15, 0.2) is 72.8 Å². The van der Waals surface area contributed by atoms with Crippen LogP contribution in [0.1, 0.15) is 115 Å². The number of hydrogen-bond donors (Lipinski definition) is 1. The Bertz CT molecular complexity index is 1790. The van der Waals surface area contributed by atoms with Gasteiger partial charge in [0.15, 0.2) is 0 Å². The van der Waals surface area contributed by atoms with E-state index >= 15 is 0 Å². The van der Waals surface area contributed by atoms with E-state index in [1.165, 1.54) is 22.3 Å². The van der Waals surface area contributed by atoms with Crippen molar-refractivity contribution in [3.8, 4) is 33.8 Å². The minimum absolute atomic E-state index is 0.0136. The summed E-state index contributed by atoms with van der Waals surface area (Å²) in [5.74, 6) is 0.957. The number of hydrogen-bond acceptors (Lipinski definition) is 3. The Kier molecular flexibility index (Phi) is 6.54. The molecule has 0 fully saturated rings. The fourth-order valence-corrected chi connectivity index (χ4v) is 9.56. The molecule has 0 aromatic heterocycles. The highest BCUT2D eigenvalue weighted by Gasteiger charge is 2.61. The molecule has 4 aromatic carbocycles. The van der Waals surface area contributed by atoms with Gasteiger partial charge in [-0.05, 0) is 67.9 Å². The van der Waals surface area contributed by atoms with Crippen molar-refractivity contribution in [2.45, 2.75) is 109 Å². The zero-order chi connectivity index (χ0) is 33.2. The number of rotatable bonds is 2. The largest absolute Gasteiger partial charge is 0.584 e. The Labute approximate surface area is 274 Å². The van der Waals surface area contributed by atoms with E-state index in [1.54, 1.807) is 0 Å². The van der Waals surface area contributed by atoms with E-state index in [0.717, 1.165) is 46.2 Å². The van der Waals surface area contributed by atoms with Gasteiger partial charge in [-0.2, -0.15) is 0 Å². The zero-order valence-corrected chi connectivity index (χ0v) is 29.9. The molecule has 7 rings (SSSR count). The lowest BCUT2D eigenvalue weighted by Gasteiger charge is -2.35. The van der Waals surface area contributed by atoms with Crippen molar-refractivity contribution in [2.75, 3.05) is 0 Å². The van der Waals surface area contributed by atoms with Crippen molar-refractivity contribution in [1.82, 2.24) is 0 Å². The van der Waals surface area contributed by atoms with Gasteiger partial charge >= 0.3 is 7.82 Å². The van der Waals surface area contributed by atoms with E-state index in [0.29, 0.717) is 11.5 Å². The second-order valence-electron chi connectivity index (χ2n) is 17.2. The molecule has 0 bridgehead atoms. The second kappa shape index (κ2) is 9.61. The van der Waals surface area contributed by atoms with Crippen LogP contribution < -0.4 is 9.05 Å². The van der Waals surface area contributed by atoms with Crippen LogP contribution in [-0.4, -0.2) is 4.89 Å². The molecule has 240 valence electrons. The molecular weight excluding hydrogens is 587 g/mol. The molecule has 0 saturated heterocycles. The van der Waals surface area contributed by atoms with Crippen LogP contribution in [-0.2, 0) is 31.6 Å². The third-order valence-corrected chi connectivity index (χ3v) is 11.6. The molecule has 46 heavy (non-hydrogen) atoms. The van der Waals surface area contributed by atoms with Crippen molar-refractivity contribution in [2.24, 2.45) is 0 Å². The molecule has 1 heterocycles. The van der Waals surface area contributed by atoms with Gasteiger partial charge in [0.05, 0.1) is 0 Å². The van der Waals surface area contributed by atoms with Gasteiger partial charge in [0.1, 0.15) is 11.5 Å². The summed E-state index contributed by atoms with van der Waals surface area (Å²) in [5.41, 5.74) is 9.64. The van der Waals surface area contributed by atoms with Gasteiger partial charge in [0.2, 0.25) is 0 Å². The summed E-state index contributed by atoms with van der Waals surface area (Å²) in [4.78, 5) is 11.6. The van der Waals surface area contributed by atoms with Crippen LogP contribution in [0.2, 0.25) is 0 Å². The first kappa shape index (κ1) is 31.3. The van der Waals surface area contributed by atoms with Gasteiger partial charge < -0.3 is 9.05 Å². The van der Waals surface area contributed by atoms with Gasteiger partial charge in [0, 0.05) is 27.7 Å². The molecular formula is C41H47O4P. The molecule has 1 N–H and O–H groups in total. The van der Waals surface area contributed by atoms with Crippen LogP contribution in [0.25, 0.3) is 22.3 Å². The summed E-state index contributed by atoms with van der Waals surface area (Å²) >= 11 is 0. The number of phosphoric ester groups is 1. The highest BCUT2D eigenvalue weighted by molar-refractivity contribution is 7.48. The van der Waals surface area contributed by atoms with E-state index in [9.17, 15) is 9.46 Å². The Morgan fingerprint density at radius 1 is 0.587 bits per heavy atom. The quantitative estimate of drug-likeness (QED) is 0.223. The first-order valence-corrected chi connectivity index (χ1v) is 18.0. The van der Waals surface area contributed by atoms with Crippen LogP contribution in [0.4, 0.5) is 0 Å². The lowest BCUT2D eigenvalue weighted by atomic mass is 9.71. The predicted molar refractivity (Wildman–Crippen MR) is 188 cm³/mol. The molecule has 0 radical (unpaired) electrons. The average molecular weight is 635 g/mol. The molecule has 0 unspecified atom stereocenters. The maximum Gasteiger partial charge on any atom is 0.584 e. The fourth-order valence-electron chi connectivity index (χ4n) is 8.68. The maximum atomic E-state index is 14.2. The first-order valence-electron chi connectivity index (χ1n) is 16.5. The topological polar surface area (TPSA) is 55.8 Å². The molecule has 5 heteroatoms. The Balaban J connectivity index is 1.53. The molecule has 0 amide bonds. The minimum atomic E-state index is -4.61. The summed E-state index contributed by atoms with van der Waals surface area (Å²) in [6, 6.07) is 25.6. The van der Waals surface area contributed by atoms with Crippen molar-refractivity contribution in [3.05, 3.63) is 106 Å². The molecule has 0 atom stereocenters. The normalized spacial score (nSPS) is 19.7. The third kappa shape index (κ3) is 4.70. The van der Waals surface area contributed by atoms with Gasteiger partial charge in [-0.25, -0.2) is 4.57 Å². The highest BCUT2D eigenvalue weighted by atomic mass is 31.2. The lowest BCUT2D eigenvalue weighted by Crippen LogP contribution is -2.29. The van der Waals surface area contributed by atoms with Crippen molar-refractivity contribution in [3.63, 3.8) is 0 Å². The summed E-state index contributed by atoms with van der Waals surface area (Å²) in [6.07, 6.45) is 1.71. The molecule has 3 aliphatic rings. The third-order valence-electron chi connectivity index (χ3n) is 10.8. The van der Waals surface area contributed by atoms with Gasteiger partial charge in [-0.3, -0.25) is 4.89 Å². The van der Waals surface area contributed by atoms with Crippen molar-refractivity contribution < 1.29 is 18.5 Å². The van der Waals surface area contributed by atoms with E-state index in [2.05, 4.69) is 142 Å². The van der Waals surface area contributed by atoms with E-state index in [-0.39, 0.29) is 21.7 Å². The minimum Gasteiger partial charge on any atom is -0.394 e. The van der Waals surface area contributed by atoms with Crippen LogP contribution in [0.5, 0.6) is 11.5 Å². The lowest BCUT2D eigenvalue weighted by molar-refractivity contribution is 0.276. The SMILES string of the molecule is CC(C)(C)c1ccc(-c2ccc3c4c2OP(=O)(O)Oc2c(-c5ccc(C(C)(C)C)cc5)ccc5c2C4(CC3(C)C)CC5(C)C)cc1. The number of phosphoric acid groups is 1. The summed E-state index contributed by atoms with van der Waals surface area (Å²) in [6.45, 7) is 22.4. The summed E-state index contributed by atoms with van der Waals surface area (Å²) in [7, 11) is -4.61. The van der Waals surface area contributed by atoms with Crippen molar-refractivity contribution >= 4 is 7.82 Å². The Morgan fingerprint density at radius 2 is 0.935 bits per heavy atom. The second-order valence-corrected chi connectivity index (χ2v) is 18.5. The van der Waals surface area contributed by atoms with E-state index < -0.39 is 13.2 Å². The standard InChI is InChI=1S/C41H47O4P/c1-37(2,3)27-15-11-25(12-16-27)29-19-21-31-33-35(29)44-46(42,43)45-36-30(26-13-17-28(18-14-26)38(4,5)6)20-22-32-34(36)41(33,23-39(31,7)8)24-40(32,9)10/h11-22H,23-24H2,1-10H3,(H,42,43). The first-order chi connectivity index (χ1) is 21.2. The molecule has 4 nitrogen and oxygen atoms in total. The summed E-state index contributed by atoms with van der Waals surface area (Å²) < 4.78 is 26.8. The fraction of sp³-hybridized carbons (Fsp3) is 0.415. The Morgan fingerprint density at radius 3 is 1.26 bits per heavy atom. The smallest absolute Gasteiger partial charge is 0.394 e.